The Morgan fingerprint density at radius 1 is 1.12 bits per heavy atom. The fourth-order valence-corrected chi connectivity index (χ4v) is 2.76. The first kappa shape index (κ1) is 18.4. The molecule has 0 amide bonds. The maximum atomic E-state index is 5.37. The number of piperazine rings is 1. The fourth-order valence-electron chi connectivity index (χ4n) is 2.76. The normalized spacial score (nSPS) is 15.5. The number of hydrogen-bond acceptors (Lipinski definition) is 4. The number of benzene rings is 1. The lowest BCUT2D eigenvalue weighted by atomic mass is 10.2. The highest BCUT2D eigenvalue weighted by molar-refractivity contribution is 5.80. The molecule has 0 radical (unpaired) electrons. The van der Waals surface area contributed by atoms with Crippen LogP contribution in [0.25, 0.3) is 0 Å². The molecular formula is C18H30N4O2. The second-order valence-corrected chi connectivity index (χ2v) is 5.60. The Kier molecular flexibility index (Phi) is 7.68. The molecule has 0 atom stereocenters. The van der Waals surface area contributed by atoms with Crippen molar-refractivity contribution >= 4 is 11.6 Å². The molecule has 1 aromatic carbocycles. The molecule has 6 heteroatoms. The molecular weight excluding hydrogens is 304 g/mol. The van der Waals surface area contributed by atoms with Gasteiger partial charge in [-0.05, 0) is 38.1 Å². The van der Waals surface area contributed by atoms with Crippen LogP contribution >= 0.6 is 0 Å². The first-order valence-electron chi connectivity index (χ1n) is 8.78. The Labute approximate surface area is 145 Å². The molecule has 0 spiro atoms. The Morgan fingerprint density at radius 3 is 2.42 bits per heavy atom. The van der Waals surface area contributed by atoms with Gasteiger partial charge < -0.3 is 24.6 Å². The van der Waals surface area contributed by atoms with Crippen molar-refractivity contribution in [3.05, 3.63) is 24.3 Å². The van der Waals surface area contributed by atoms with Crippen LogP contribution in [0, 0.1) is 0 Å². The van der Waals surface area contributed by atoms with E-state index in [1.165, 1.54) is 5.69 Å². The van der Waals surface area contributed by atoms with E-state index >= 15 is 0 Å². The molecule has 1 heterocycles. The van der Waals surface area contributed by atoms with Crippen molar-refractivity contribution in [3.63, 3.8) is 0 Å². The van der Waals surface area contributed by atoms with Gasteiger partial charge in [0.25, 0.3) is 0 Å². The van der Waals surface area contributed by atoms with Gasteiger partial charge in [-0.15, -0.1) is 0 Å². The van der Waals surface area contributed by atoms with E-state index in [2.05, 4.69) is 39.2 Å². The van der Waals surface area contributed by atoms with Crippen molar-refractivity contribution in [3.8, 4) is 5.75 Å². The molecule has 134 valence electrons. The third-order valence-electron chi connectivity index (χ3n) is 4.05. The summed E-state index contributed by atoms with van der Waals surface area (Å²) in [4.78, 5) is 9.40. The van der Waals surface area contributed by atoms with Gasteiger partial charge in [0.05, 0.1) is 20.3 Å². The van der Waals surface area contributed by atoms with E-state index in [1.54, 1.807) is 7.11 Å². The maximum absolute atomic E-state index is 5.37. The molecule has 1 aliphatic rings. The summed E-state index contributed by atoms with van der Waals surface area (Å²) in [6.07, 6.45) is 0. The summed E-state index contributed by atoms with van der Waals surface area (Å²) in [5.74, 6) is 1.89. The van der Waals surface area contributed by atoms with E-state index in [9.17, 15) is 0 Å². The largest absolute Gasteiger partial charge is 0.497 e. The molecule has 0 aromatic heterocycles. The smallest absolute Gasteiger partial charge is 0.194 e. The highest BCUT2D eigenvalue weighted by Crippen LogP contribution is 2.20. The minimum absolute atomic E-state index is 0.678. The lowest BCUT2D eigenvalue weighted by Crippen LogP contribution is -2.52. The summed E-state index contributed by atoms with van der Waals surface area (Å²) >= 11 is 0. The molecule has 2 rings (SSSR count). The molecule has 1 N–H and O–H groups in total. The van der Waals surface area contributed by atoms with Crippen molar-refractivity contribution in [1.82, 2.24) is 10.2 Å². The Bertz CT molecular complexity index is 496. The SMILES string of the molecule is CCNC(=NCCOCC)N1CCN(c2ccc(OC)cc2)CC1. The molecule has 0 saturated carbocycles. The van der Waals surface area contributed by atoms with Crippen LogP contribution in [-0.4, -0.2) is 70.5 Å². The second kappa shape index (κ2) is 10.0. The number of guanidine groups is 1. The van der Waals surface area contributed by atoms with Gasteiger partial charge in [-0.2, -0.15) is 0 Å². The Morgan fingerprint density at radius 2 is 1.83 bits per heavy atom. The summed E-state index contributed by atoms with van der Waals surface area (Å²) < 4.78 is 10.6. The van der Waals surface area contributed by atoms with Crippen molar-refractivity contribution < 1.29 is 9.47 Å². The third-order valence-corrected chi connectivity index (χ3v) is 4.05. The zero-order chi connectivity index (χ0) is 17.2. The van der Waals surface area contributed by atoms with Crippen LogP contribution in [0.15, 0.2) is 29.3 Å². The van der Waals surface area contributed by atoms with Crippen molar-refractivity contribution in [2.45, 2.75) is 13.8 Å². The summed E-state index contributed by atoms with van der Waals surface area (Å²) in [5, 5.41) is 3.38. The number of methoxy groups -OCH3 is 1. The van der Waals surface area contributed by atoms with Gasteiger partial charge >= 0.3 is 0 Å². The second-order valence-electron chi connectivity index (χ2n) is 5.60. The van der Waals surface area contributed by atoms with Crippen molar-refractivity contribution in [2.24, 2.45) is 4.99 Å². The summed E-state index contributed by atoms with van der Waals surface area (Å²) in [7, 11) is 1.70. The number of nitrogens with zero attached hydrogens (tertiary/aromatic N) is 3. The van der Waals surface area contributed by atoms with Crippen molar-refractivity contribution in [1.29, 1.82) is 0 Å². The van der Waals surface area contributed by atoms with Crippen LogP contribution in [0.5, 0.6) is 5.75 Å². The van der Waals surface area contributed by atoms with Gasteiger partial charge in [0.1, 0.15) is 5.75 Å². The number of nitrogens with one attached hydrogen (secondary N) is 1. The minimum Gasteiger partial charge on any atom is -0.497 e. The van der Waals surface area contributed by atoms with Gasteiger partial charge in [0.15, 0.2) is 5.96 Å². The topological polar surface area (TPSA) is 49.3 Å². The molecule has 1 fully saturated rings. The molecule has 0 unspecified atom stereocenters. The molecule has 1 saturated heterocycles. The van der Waals surface area contributed by atoms with Gasteiger partial charge in [-0.25, -0.2) is 0 Å². The molecule has 24 heavy (non-hydrogen) atoms. The van der Waals surface area contributed by atoms with E-state index in [4.69, 9.17) is 9.47 Å². The molecule has 1 aromatic rings. The minimum atomic E-state index is 0.678. The average Bonchev–Trinajstić information content (AvgIpc) is 2.64. The summed E-state index contributed by atoms with van der Waals surface area (Å²) in [5.41, 5.74) is 1.24. The lowest BCUT2D eigenvalue weighted by molar-refractivity contribution is 0.155. The van der Waals surface area contributed by atoms with Crippen LogP contribution in [0.1, 0.15) is 13.8 Å². The van der Waals surface area contributed by atoms with Gasteiger partial charge in [-0.3, -0.25) is 4.99 Å². The van der Waals surface area contributed by atoms with Crippen LogP contribution in [0.4, 0.5) is 5.69 Å². The highest BCUT2D eigenvalue weighted by Gasteiger charge is 2.19. The first-order chi connectivity index (χ1) is 11.8. The number of anilines is 1. The van der Waals surface area contributed by atoms with Crippen LogP contribution in [0.2, 0.25) is 0 Å². The molecule has 0 aliphatic carbocycles. The average molecular weight is 334 g/mol. The highest BCUT2D eigenvalue weighted by atomic mass is 16.5. The van der Waals surface area contributed by atoms with E-state index in [0.717, 1.165) is 51.0 Å². The predicted octanol–water partition coefficient (Wildman–Crippen LogP) is 1.82. The Hall–Kier alpha value is -1.95. The quantitative estimate of drug-likeness (QED) is 0.468. The number of ether oxygens (including phenoxy) is 2. The summed E-state index contributed by atoms with van der Waals surface area (Å²) in [6, 6.07) is 8.27. The summed E-state index contributed by atoms with van der Waals surface area (Å²) in [6.45, 7) is 11.0. The standard InChI is InChI=1S/C18H30N4O2/c1-4-19-18(20-10-15-24-5-2)22-13-11-21(12-14-22)16-6-8-17(23-3)9-7-16/h6-9H,4-5,10-15H2,1-3H3,(H,19,20). The van der Waals surface area contributed by atoms with Gasteiger partial charge in [0, 0.05) is 45.0 Å². The first-order valence-corrected chi connectivity index (χ1v) is 8.78. The van der Waals surface area contributed by atoms with Crippen LogP contribution in [-0.2, 0) is 4.74 Å². The predicted molar refractivity (Wildman–Crippen MR) is 99.3 cm³/mol. The lowest BCUT2D eigenvalue weighted by Gasteiger charge is -2.37. The van der Waals surface area contributed by atoms with E-state index in [-0.39, 0.29) is 0 Å². The van der Waals surface area contributed by atoms with Crippen LogP contribution in [0.3, 0.4) is 0 Å². The fraction of sp³-hybridized carbons (Fsp3) is 0.611. The van der Waals surface area contributed by atoms with E-state index in [1.807, 2.05) is 19.1 Å². The monoisotopic (exact) mass is 334 g/mol. The maximum Gasteiger partial charge on any atom is 0.194 e. The number of aliphatic imine (C=N–C) groups is 1. The Balaban J connectivity index is 1.88. The van der Waals surface area contributed by atoms with Gasteiger partial charge in [-0.1, -0.05) is 0 Å². The zero-order valence-electron chi connectivity index (χ0n) is 15.1. The van der Waals surface area contributed by atoms with E-state index in [0.29, 0.717) is 13.2 Å². The molecule has 6 nitrogen and oxygen atoms in total. The molecule has 0 bridgehead atoms. The third kappa shape index (κ3) is 5.30. The van der Waals surface area contributed by atoms with Gasteiger partial charge in [0.2, 0.25) is 0 Å². The van der Waals surface area contributed by atoms with Crippen molar-refractivity contribution in [2.75, 3.05) is 64.5 Å². The molecule has 1 aliphatic heterocycles. The van der Waals surface area contributed by atoms with E-state index < -0.39 is 0 Å². The number of hydrogen-bond donors (Lipinski definition) is 1. The van der Waals surface area contributed by atoms with Crippen LogP contribution < -0.4 is 15.0 Å². The number of rotatable bonds is 7. The zero-order valence-corrected chi connectivity index (χ0v) is 15.1.